The van der Waals surface area contributed by atoms with Crippen LogP contribution in [0.15, 0.2) is 18.2 Å². The number of amides is 1. The third-order valence-electron chi connectivity index (χ3n) is 3.43. The van der Waals surface area contributed by atoms with Crippen LogP contribution in [-0.2, 0) is 10.3 Å². The van der Waals surface area contributed by atoms with Gasteiger partial charge >= 0.3 is 6.09 Å². The maximum absolute atomic E-state index is 11.9. The van der Waals surface area contributed by atoms with Gasteiger partial charge in [0, 0.05) is 17.7 Å². The van der Waals surface area contributed by atoms with Crippen molar-refractivity contribution in [2.45, 2.75) is 45.8 Å². The van der Waals surface area contributed by atoms with Crippen LogP contribution in [0.2, 0.25) is 0 Å². The van der Waals surface area contributed by atoms with Crippen molar-refractivity contribution in [3.05, 3.63) is 23.8 Å². The zero-order valence-corrected chi connectivity index (χ0v) is 14.1. The molecule has 0 saturated carbocycles. The molecule has 0 saturated heterocycles. The van der Waals surface area contributed by atoms with Crippen LogP contribution in [0.4, 0.5) is 4.79 Å². The Morgan fingerprint density at radius 2 is 1.73 bits per heavy atom. The first-order chi connectivity index (χ1) is 10.3. The van der Waals surface area contributed by atoms with Gasteiger partial charge < -0.3 is 14.2 Å². The zero-order chi connectivity index (χ0) is 16.8. The number of carbonyl (C=O) groups is 1. The Morgan fingerprint density at radius 1 is 1.18 bits per heavy atom. The Hall–Kier alpha value is -1.95. The minimum Gasteiger partial charge on any atom is -0.497 e. The first-order valence-corrected chi connectivity index (χ1v) is 7.30. The molecule has 1 aromatic rings. The predicted octanol–water partition coefficient (Wildman–Crippen LogP) is 2.97. The van der Waals surface area contributed by atoms with E-state index in [0.29, 0.717) is 11.5 Å². The van der Waals surface area contributed by atoms with Crippen molar-refractivity contribution in [3.63, 3.8) is 0 Å². The highest BCUT2D eigenvalue weighted by atomic mass is 16.6. The van der Waals surface area contributed by atoms with Crippen LogP contribution in [0.3, 0.4) is 0 Å². The molecule has 6 nitrogen and oxygen atoms in total. The highest BCUT2D eigenvalue weighted by Gasteiger charge is 2.27. The lowest BCUT2D eigenvalue weighted by Crippen LogP contribution is -2.45. The van der Waals surface area contributed by atoms with Crippen molar-refractivity contribution < 1.29 is 19.0 Å². The normalized spacial score (nSPS) is 12.5. The molecule has 0 fully saturated rings. The van der Waals surface area contributed by atoms with E-state index in [0.717, 1.165) is 12.0 Å². The summed E-state index contributed by atoms with van der Waals surface area (Å²) in [5.74, 6) is 1.29. The Morgan fingerprint density at radius 3 is 2.18 bits per heavy atom. The lowest BCUT2D eigenvalue weighted by Gasteiger charge is -2.27. The molecule has 0 aliphatic rings. The number of hydrogen-bond donors (Lipinski definition) is 2. The average molecular weight is 310 g/mol. The van der Waals surface area contributed by atoms with Crippen LogP contribution in [0.1, 0.15) is 39.7 Å². The minimum atomic E-state index is -0.830. The molecule has 124 valence electrons. The minimum absolute atomic E-state index is 0.174. The van der Waals surface area contributed by atoms with Crippen LogP contribution in [-0.4, -0.2) is 26.4 Å². The quantitative estimate of drug-likeness (QED) is 0.758. The predicted molar refractivity (Wildman–Crippen MR) is 85.1 cm³/mol. The van der Waals surface area contributed by atoms with Crippen LogP contribution >= 0.6 is 0 Å². The van der Waals surface area contributed by atoms with Crippen LogP contribution in [0, 0.1) is 0 Å². The number of methoxy groups -OCH3 is 2. The number of hydrogen-bond acceptors (Lipinski definition) is 5. The molecule has 1 unspecified atom stereocenters. The van der Waals surface area contributed by atoms with Gasteiger partial charge in [-0.05, 0) is 39.3 Å². The van der Waals surface area contributed by atoms with Gasteiger partial charge in [0.1, 0.15) is 17.1 Å². The topological polar surface area (TPSA) is 68.8 Å². The summed E-state index contributed by atoms with van der Waals surface area (Å²) < 4.78 is 16.0. The average Bonchev–Trinajstić information content (AvgIpc) is 2.51. The molecule has 1 aromatic carbocycles. The smallest absolute Gasteiger partial charge is 0.422 e. The first kappa shape index (κ1) is 18.1. The monoisotopic (exact) mass is 310 g/mol. The third kappa shape index (κ3) is 5.11. The van der Waals surface area contributed by atoms with Crippen molar-refractivity contribution in [1.82, 2.24) is 10.9 Å². The summed E-state index contributed by atoms with van der Waals surface area (Å²) in [4.78, 5) is 11.9. The van der Waals surface area contributed by atoms with Gasteiger partial charge in [0.2, 0.25) is 0 Å². The van der Waals surface area contributed by atoms with Crippen molar-refractivity contribution >= 4 is 6.09 Å². The standard InChI is InChI=1S/C16H26N2O4/c1-7-11(2)17-18-15(19)22-16(3,4)12-8-13(20-5)10-14(9-12)21-6/h8-11,17H,7H2,1-6H3,(H,18,19). The Balaban J connectivity index is 2.82. The second-order valence-electron chi connectivity index (χ2n) is 5.58. The molecule has 0 aliphatic carbocycles. The second kappa shape index (κ2) is 7.89. The molecule has 0 bridgehead atoms. The number of benzene rings is 1. The molecule has 0 aliphatic heterocycles. The summed E-state index contributed by atoms with van der Waals surface area (Å²) in [6.45, 7) is 7.61. The van der Waals surface area contributed by atoms with Crippen LogP contribution in [0.25, 0.3) is 0 Å². The number of hydrazine groups is 1. The maximum Gasteiger partial charge on any atom is 0.422 e. The highest BCUT2D eigenvalue weighted by Crippen LogP contribution is 2.32. The fourth-order valence-corrected chi connectivity index (χ4v) is 1.76. The van der Waals surface area contributed by atoms with E-state index in [1.54, 1.807) is 20.3 Å². The van der Waals surface area contributed by atoms with E-state index in [2.05, 4.69) is 10.9 Å². The molecule has 2 N–H and O–H groups in total. The maximum atomic E-state index is 11.9. The summed E-state index contributed by atoms with van der Waals surface area (Å²) in [7, 11) is 3.16. The number of rotatable bonds is 7. The fraction of sp³-hybridized carbons (Fsp3) is 0.562. The summed E-state index contributed by atoms with van der Waals surface area (Å²) in [5.41, 5.74) is 5.37. The van der Waals surface area contributed by atoms with Gasteiger partial charge in [-0.2, -0.15) is 0 Å². The van der Waals surface area contributed by atoms with Crippen molar-refractivity contribution in [3.8, 4) is 11.5 Å². The SMILES string of the molecule is CCC(C)NNC(=O)OC(C)(C)c1cc(OC)cc(OC)c1. The van der Waals surface area contributed by atoms with E-state index < -0.39 is 11.7 Å². The summed E-state index contributed by atoms with van der Waals surface area (Å²) in [6, 6.07) is 5.58. The lowest BCUT2D eigenvalue weighted by atomic mass is 9.97. The summed E-state index contributed by atoms with van der Waals surface area (Å²) in [5, 5.41) is 0. The lowest BCUT2D eigenvalue weighted by molar-refractivity contribution is 0.0327. The number of nitrogens with one attached hydrogen (secondary N) is 2. The van der Waals surface area contributed by atoms with E-state index >= 15 is 0 Å². The molecule has 6 heteroatoms. The van der Waals surface area contributed by atoms with Gasteiger partial charge in [0.25, 0.3) is 0 Å². The van der Waals surface area contributed by atoms with E-state index in [1.165, 1.54) is 0 Å². The van der Waals surface area contributed by atoms with Gasteiger partial charge in [-0.1, -0.05) is 6.92 Å². The molecule has 0 heterocycles. The zero-order valence-electron chi connectivity index (χ0n) is 14.1. The second-order valence-corrected chi connectivity index (χ2v) is 5.58. The van der Waals surface area contributed by atoms with Gasteiger partial charge in [-0.3, -0.25) is 5.43 Å². The van der Waals surface area contributed by atoms with Gasteiger partial charge in [0.15, 0.2) is 0 Å². The first-order valence-electron chi connectivity index (χ1n) is 7.30. The van der Waals surface area contributed by atoms with E-state index in [1.807, 2.05) is 39.8 Å². The molecule has 1 amide bonds. The highest BCUT2D eigenvalue weighted by molar-refractivity contribution is 5.67. The summed E-state index contributed by atoms with van der Waals surface area (Å²) >= 11 is 0. The van der Waals surface area contributed by atoms with Crippen LogP contribution in [0.5, 0.6) is 11.5 Å². The van der Waals surface area contributed by atoms with E-state index in [-0.39, 0.29) is 6.04 Å². The Labute approximate surface area is 132 Å². The molecule has 0 aromatic heterocycles. The largest absolute Gasteiger partial charge is 0.497 e. The van der Waals surface area contributed by atoms with Crippen molar-refractivity contribution in [2.24, 2.45) is 0 Å². The molecule has 0 spiro atoms. The van der Waals surface area contributed by atoms with Gasteiger partial charge in [-0.25, -0.2) is 10.2 Å². The molecule has 22 heavy (non-hydrogen) atoms. The summed E-state index contributed by atoms with van der Waals surface area (Å²) in [6.07, 6.45) is 0.364. The van der Waals surface area contributed by atoms with Gasteiger partial charge in [-0.15, -0.1) is 0 Å². The molecule has 0 radical (unpaired) electrons. The molecular weight excluding hydrogens is 284 g/mol. The van der Waals surface area contributed by atoms with Gasteiger partial charge in [0.05, 0.1) is 14.2 Å². The Kier molecular flexibility index (Phi) is 6.49. The Bertz CT molecular complexity index is 481. The number of ether oxygens (including phenoxy) is 3. The van der Waals surface area contributed by atoms with Crippen molar-refractivity contribution in [2.75, 3.05) is 14.2 Å². The third-order valence-corrected chi connectivity index (χ3v) is 3.43. The van der Waals surface area contributed by atoms with Crippen LogP contribution < -0.4 is 20.3 Å². The van der Waals surface area contributed by atoms with Crippen molar-refractivity contribution in [1.29, 1.82) is 0 Å². The fourth-order valence-electron chi connectivity index (χ4n) is 1.76. The van der Waals surface area contributed by atoms with E-state index in [9.17, 15) is 4.79 Å². The molecular formula is C16H26N2O4. The molecule has 1 rings (SSSR count). The molecule has 1 atom stereocenters. The number of carbonyl (C=O) groups excluding carboxylic acids is 1. The van der Waals surface area contributed by atoms with E-state index in [4.69, 9.17) is 14.2 Å².